The van der Waals surface area contributed by atoms with Gasteiger partial charge in [0.15, 0.2) is 0 Å². The van der Waals surface area contributed by atoms with Crippen molar-refractivity contribution < 1.29 is 13.2 Å². The Bertz CT molecular complexity index is 652. The first kappa shape index (κ1) is 20.7. The van der Waals surface area contributed by atoms with Gasteiger partial charge in [-0.25, -0.2) is 8.42 Å². The number of benzene rings is 1. The molecule has 0 aromatic heterocycles. The second kappa shape index (κ2) is 9.25. The average Bonchev–Trinajstić information content (AvgIpc) is 2.94. The fourth-order valence-electron chi connectivity index (χ4n) is 3.01. The van der Waals surface area contributed by atoms with Gasteiger partial charge < -0.3 is 11.1 Å². The van der Waals surface area contributed by atoms with Gasteiger partial charge in [0.05, 0.1) is 17.0 Å². The van der Waals surface area contributed by atoms with Gasteiger partial charge in [-0.3, -0.25) is 9.52 Å². The maximum absolute atomic E-state index is 12.5. The van der Waals surface area contributed by atoms with Crippen LogP contribution in [0.1, 0.15) is 43.0 Å². The summed E-state index contributed by atoms with van der Waals surface area (Å²) >= 11 is 0. The van der Waals surface area contributed by atoms with E-state index in [1.54, 1.807) is 31.2 Å². The summed E-state index contributed by atoms with van der Waals surface area (Å²) in [6, 6.07) is 6.73. The molecule has 1 amide bonds. The van der Waals surface area contributed by atoms with E-state index in [0.29, 0.717) is 30.1 Å². The molecule has 0 radical (unpaired) electrons. The number of amides is 1. The third kappa shape index (κ3) is 5.36. The number of rotatable bonds is 7. The van der Waals surface area contributed by atoms with Crippen LogP contribution in [0.2, 0.25) is 0 Å². The Balaban J connectivity index is 0.00000288. The van der Waals surface area contributed by atoms with Gasteiger partial charge in [0.25, 0.3) is 5.91 Å². The highest BCUT2D eigenvalue weighted by Gasteiger charge is 2.28. The minimum atomic E-state index is -3.43. The lowest BCUT2D eigenvalue weighted by molar-refractivity contribution is 0.0929. The van der Waals surface area contributed by atoms with Crippen molar-refractivity contribution in [1.29, 1.82) is 0 Å². The van der Waals surface area contributed by atoms with Crippen LogP contribution in [-0.2, 0) is 10.0 Å². The van der Waals surface area contributed by atoms with Crippen molar-refractivity contribution in [3.05, 3.63) is 29.8 Å². The maximum atomic E-state index is 12.5. The number of carbonyl (C=O) groups excluding carboxylic acids is 1. The van der Waals surface area contributed by atoms with Crippen LogP contribution in [0.25, 0.3) is 0 Å². The lowest BCUT2D eigenvalue weighted by Gasteiger charge is -2.20. The van der Waals surface area contributed by atoms with Gasteiger partial charge in [-0.1, -0.05) is 25.5 Å². The molecule has 1 aliphatic rings. The topological polar surface area (TPSA) is 101 Å². The summed E-state index contributed by atoms with van der Waals surface area (Å²) in [5.41, 5.74) is 6.40. The van der Waals surface area contributed by atoms with Crippen LogP contribution in [0.5, 0.6) is 0 Å². The van der Waals surface area contributed by atoms with Gasteiger partial charge in [0, 0.05) is 6.04 Å². The average molecular weight is 376 g/mol. The number of hydrogen-bond donors (Lipinski definition) is 3. The first-order valence-electron chi connectivity index (χ1n) is 8.07. The molecule has 1 saturated carbocycles. The van der Waals surface area contributed by atoms with Gasteiger partial charge in [-0.05, 0) is 43.9 Å². The molecule has 0 saturated heterocycles. The fourth-order valence-corrected chi connectivity index (χ4v) is 4.17. The molecule has 0 aliphatic heterocycles. The Kier molecular flexibility index (Phi) is 7.99. The lowest BCUT2D eigenvalue weighted by atomic mass is 10.0. The number of anilines is 1. The number of carbonyl (C=O) groups is 1. The third-order valence-corrected chi connectivity index (χ3v) is 5.66. The van der Waals surface area contributed by atoms with Crippen molar-refractivity contribution in [2.75, 3.05) is 17.0 Å². The summed E-state index contributed by atoms with van der Waals surface area (Å²) in [6.07, 6.45) is 3.51. The smallest absolute Gasteiger partial charge is 0.253 e. The van der Waals surface area contributed by atoms with Crippen molar-refractivity contribution >= 4 is 34.0 Å². The molecular formula is C16H26ClN3O3S. The molecule has 6 nitrogen and oxygen atoms in total. The van der Waals surface area contributed by atoms with Gasteiger partial charge in [0.1, 0.15) is 0 Å². The van der Waals surface area contributed by atoms with Gasteiger partial charge in [0.2, 0.25) is 10.0 Å². The Morgan fingerprint density at radius 1 is 1.29 bits per heavy atom. The second-order valence-electron chi connectivity index (χ2n) is 5.97. The quantitative estimate of drug-likeness (QED) is 0.679. The summed E-state index contributed by atoms with van der Waals surface area (Å²) in [6.45, 7) is 2.35. The molecule has 0 heterocycles. The maximum Gasteiger partial charge on any atom is 0.253 e. The molecule has 0 spiro atoms. The number of nitrogens with one attached hydrogen (secondary N) is 2. The fraction of sp³-hybridized carbons (Fsp3) is 0.562. The molecule has 1 aromatic carbocycles. The van der Waals surface area contributed by atoms with E-state index in [1.165, 1.54) is 0 Å². The summed E-state index contributed by atoms with van der Waals surface area (Å²) in [4.78, 5) is 12.5. The van der Waals surface area contributed by atoms with E-state index >= 15 is 0 Å². The first-order chi connectivity index (χ1) is 11.0. The van der Waals surface area contributed by atoms with Gasteiger partial charge in [-0.15, -0.1) is 12.4 Å². The predicted octanol–water partition coefficient (Wildman–Crippen LogP) is 2.12. The minimum absolute atomic E-state index is 0. The normalized spacial score (nSPS) is 20.2. The third-order valence-electron chi connectivity index (χ3n) is 4.19. The van der Waals surface area contributed by atoms with E-state index in [4.69, 9.17) is 5.73 Å². The highest BCUT2D eigenvalue weighted by Crippen LogP contribution is 2.25. The summed E-state index contributed by atoms with van der Waals surface area (Å²) in [7, 11) is -3.43. The zero-order valence-corrected chi connectivity index (χ0v) is 15.5. The Hall–Kier alpha value is -1.31. The van der Waals surface area contributed by atoms with Crippen LogP contribution in [0.4, 0.5) is 5.69 Å². The minimum Gasteiger partial charge on any atom is -0.349 e. The molecule has 1 aliphatic carbocycles. The van der Waals surface area contributed by atoms with E-state index in [0.717, 1.165) is 19.3 Å². The molecule has 2 atom stereocenters. The second-order valence-corrected chi connectivity index (χ2v) is 7.82. The molecule has 1 aromatic rings. The molecule has 4 N–H and O–H groups in total. The van der Waals surface area contributed by atoms with Crippen molar-refractivity contribution in [2.45, 2.75) is 38.6 Å². The number of nitrogens with two attached hydrogens (primary N) is 1. The van der Waals surface area contributed by atoms with Crippen LogP contribution < -0.4 is 15.8 Å². The largest absolute Gasteiger partial charge is 0.349 e. The first-order valence-corrected chi connectivity index (χ1v) is 9.72. The van der Waals surface area contributed by atoms with E-state index in [-0.39, 0.29) is 30.1 Å². The van der Waals surface area contributed by atoms with Crippen molar-refractivity contribution in [3.8, 4) is 0 Å². The highest BCUT2D eigenvalue weighted by atomic mass is 35.5. The van der Waals surface area contributed by atoms with E-state index in [2.05, 4.69) is 10.0 Å². The molecular weight excluding hydrogens is 350 g/mol. The molecule has 24 heavy (non-hydrogen) atoms. The zero-order valence-electron chi connectivity index (χ0n) is 13.8. The molecule has 136 valence electrons. The van der Waals surface area contributed by atoms with Crippen LogP contribution in [0, 0.1) is 5.92 Å². The zero-order chi connectivity index (χ0) is 16.9. The van der Waals surface area contributed by atoms with Crippen LogP contribution in [-0.4, -0.2) is 32.7 Å². The van der Waals surface area contributed by atoms with Crippen LogP contribution in [0.3, 0.4) is 0 Å². The SMILES string of the molecule is CCCS(=O)(=O)Nc1ccccc1C(=O)NC1CCCC1CN.Cl. The Morgan fingerprint density at radius 3 is 2.67 bits per heavy atom. The molecule has 2 unspecified atom stereocenters. The number of halogens is 1. The number of sulfonamides is 1. The van der Waals surface area contributed by atoms with Crippen molar-refractivity contribution in [3.63, 3.8) is 0 Å². The highest BCUT2D eigenvalue weighted by molar-refractivity contribution is 7.92. The van der Waals surface area contributed by atoms with Gasteiger partial charge in [-0.2, -0.15) is 0 Å². The molecule has 2 rings (SSSR count). The summed E-state index contributed by atoms with van der Waals surface area (Å²) < 4.78 is 26.4. The predicted molar refractivity (Wildman–Crippen MR) is 99.0 cm³/mol. The van der Waals surface area contributed by atoms with E-state index in [9.17, 15) is 13.2 Å². The molecule has 8 heteroatoms. The van der Waals surface area contributed by atoms with Crippen LogP contribution in [0.15, 0.2) is 24.3 Å². The van der Waals surface area contributed by atoms with Crippen molar-refractivity contribution in [1.82, 2.24) is 5.32 Å². The van der Waals surface area contributed by atoms with E-state index in [1.807, 2.05) is 0 Å². The van der Waals surface area contributed by atoms with Crippen LogP contribution >= 0.6 is 12.4 Å². The Labute approximate surface area is 150 Å². The monoisotopic (exact) mass is 375 g/mol. The standard InChI is InChI=1S/C16H25N3O3S.ClH/c1-2-10-23(21,22)19-15-8-4-3-7-13(15)16(20)18-14-9-5-6-12(14)11-17;/h3-4,7-8,12,14,19H,2,5-6,9-11,17H2,1H3,(H,18,20);1H. The number of hydrogen-bond acceptors (Lipinski definition) is 4. The summed E-state index contributed by atoms with van der Waals surface area (Å²) in [5, 5.41) is 3.00. The Morgan fingerprint density at radius 2 is 2.00 bits per heavy atom. The lowest BCUT2D eigenvalue weighted by Crippen LogP contribution is -2.40. The van der Waals surface area contributed by atoms with Gasteiger partial charge >= 0.3 is 0 Å². The van der Waals surface area contributed by atoms with Crippen molar-refractivity contribution in [2.24, 2.45) is 11.7 Å². The molecule has 1 fully saturated rings. The molecule has 0 bridgehead atoms. The number of para-hydroxylation sites is 1. The van der Waals surface area contributed by atoms with E-state index < -0.39 is 10.0 Å². The summed E-state index contributed by atoms with van der Waals surface area (Å²) in [5.74, 6) is 0.0638.